The third-order valence-electron chi connectivity index (χ3n) is 4.31. The standard InChI is InChI=1S/C19H13Cl2N3O3.Na.H/c20-11-7-14(21)16-13(17(19(26)27)23-15(16)8-11)6-10-9-22-24(18(10)25)12-4-2-1-3-5-12;;/h1-8,22-23H,9H2,(H,26,27);;/q;+1;-1/b10-6+;;. The average molecular weight is 426 g/mol. The molecule has 0 atom stereocenters. The number of carboxylic acids is 1. The van der Waals surface area contributed by atoms with Crippen LogP contribution in [0.3, 0.4) is 0 Å². The maximum absolute atomic E-state index is 12.8. The molecule has 3 N–H and O–H groups in total. The second kappa shape index (κ2) is 8.29. The van der Waals surface area contributed by atoms with Crippen LogP contribution in [0.25, 0.3) is 17.0 Å². The summed E-state index contributed by atoms with van der Waals surface area (Å²) in [5.74, 6) is -1.40. The van der Waals surface area contributed by atoms with E-state index in [-0.39, 0.29) is 49.1 Å². The van der Waals surface area contributed by atoms with Gasteiger partial charge in [-0.3, -0.25) is 4.79 Å². The van der Waals surface area contributed by atoms with Gasteiger partial charge in [0.25, 0.3) is 5.91 Å². The number of aromatic amines is 1. The number of hydrogen-bond donors (Lipinski definition) is 3. The fourth-order valence-electron chi connectivity index (χ4n) is 3.11. The zero-order valence-electron chi connectivity index (χ0n) is 15.8. The molecular weight excluding hydrogens is 412 g/mol. The summed E-state index contributed by atoms with van der Waals surface area (Å²) in [5, 5.41) is 12.2. The third-order valence-corrected chi connectivity index (χ3v) is 4.82. The van der Waals surface area contributed by atoms with E-state index in [9.17, 15) is 14.7 Å². The number of carbonyl (C=O) groups excluding carboxylic acids is 1. The van der Waals surface area contributed by atoms with Crippen LogP contribution in [0.5, 0.6) is 0 Å². The number of H-pyrrole nitrogens is 1. The number of para-hydroxylation sites is 1. The topological polar surface area (TPSA) is 85.4 Å². The van der Waals surface area contributed by atoms with E-state index in [1.165, 1.54) is 11.1 Å². The SMILES string of the molecule is O=C(O)c1[nH]c2cc(Cl)cc(Cl)c2c1/C=C1\CNN(c2ccccc2)C1=O.[H-].[Na+]. The first-order valence-corrected chi connectivity index (χ1v) is 8.79. The number of hydrogen-bond acceptors (Lipinski definition) is 3. The summed E-state index contributed by atoms with van der Waals surface area (Å²) in [6.07, 6.45) is 1.56. The van der Waals surface area contributed by atoms with E-state index in [2.05, 4.69) is 10.4 Å². The van der Waals surface area contributed by atoms with Gasteiger partial charge in [-0.05, 0) is 30.3 Å². The van der Waals surface area contributed by atoms with E-state index in [4.69, 9.17) is 23.2 Å². The van der Waals surface area contributed by atoms with Crippen molar-refractivity contribution in [2.45, 2.75) is 0 Å². The summed E-state index contributed by atoms with van der Waals surface area (Å²) in [6, 6.07) is 12.3. The number of amides is 1. The molecule has 1 aromatic heterocycles. The Kier molecular flexibility index (Phi) is 6.19. The zero-order valence-corrected chi connectivity index (χ0v) is 18.3. The Balaban J connectivity index is 0.00000150. The molecule has 28 heavy (non-hydrogen) atoms. The van der Waals surface area contributed by atoms with Crippen molar-refractivity contribution in [3.8, 4) is 0 Å². The molecule has 3 aromatic rings. The van der Waals surface area contributed by atoms with Gasteiger partial charge < -0.3 is 11.5 Å². The van der Waals surface area contributed by atoms with Gasteiger partial charge >= 0.3 is 35.5 Å². The quantitative estimate of drug-likeness (QED) is 0.435. The van der Waals surface area contributed by atoms with Gasteiger partial charge in [-0.1, -0.05) is 41.4 Å². The van der Waals surface area contributed by atoms with Gasteiger partial charge in [0.15, 0.2) is 0 Å². The van der Waals surface area contributed by atoms with E-state index in [1.54, 1.807) is 24.3 Å². The predicted molar refractivity (Wildman–Crippen MR) is 106 cm³/mol. The number of carbonyl (C=O) groups is 2. The number of fused-ring (bicyclic) bond motifs is 1. The molecule has 2 heterocycles. The summed E-state index contributed by atoms with van der Waals surface area (Å²) in [7, 11) is 0. The normalized spacial score (nSPS) is 15.3. The van der Waals surface area contributed by atoms with Crippen molar-refractivity contribution in [3.63, 3.8) is 0 Å². The fraction of sp³-hybridized carbons (Fsp3) is 0.0526. The molecule has 0 bridgehead atoms. The monoisotopic (exact) mass is 425 g/mol. The van der Waals surface area contributed by atoms with Crippen LogP contribution in [0.4, 0.5) is 5.69 Å². The molecule has 1 saturated heterocycles. The molecule has 0 spiro atoms. The Morgan fingerprint density at radius 3 is 2.61 bits per heavy atom. The number of nitrogens with zero attached hydrogens (tertiary/aromatic N) is 1. The van der Waals surface area contributed by atoms with Crippen LogP contribution < -0.4 is 40.0 Å². The smallest absolute Gasteiger partial charge is 1.00 e. The van der Waals surface area contributed by atoms with Gasteiger partial charge in [0.1, 0.15) is 5.69 Å². The number of halogens is 2. The number of nitrogens with one attached hydrogen (secondary N) is 2. The minimum atomic E-state index is -1.15. The molecule has 6 nitrogen and oxygen atoms in total. The summed E-state index contributed by atoms with van der Waals surface area (Å²) < 4.78 is 0. The van der Waals surface area contributed by atoms with Crippen LogP contribution >= 0.6 is 23.2 Å². The van der Waals surface area contributed by atoms with Crippen molar-refractivity contribution in [2.75, 3.05) is 11.6 Å². The van der Waals surface area contributed by atoms with E-state index in [0.717, 1.165) is 0 Å². The Bertz CT molecular complexity index is 1120. The van der Waals surface area contributed by atoms with Crippen molar-refractivity contribution in [2.24, 2.45) is 0 Å². The molecule has 1 aliphatic rings. The minimum absolute atomic E-state index is 0. The van der Waals surface area contributed by atoms with Crippen LogP contribution in [0.1, 0.15) is 17.5 Å². The fourth-order valence-corrected chi connectivity index (χ4v) is 3.71. The van der Waals surface area contributed by atoms with Crippen molar-refractivity contribution in [1.29, 1.82) is 0 Å². The van der Waals surface area contributed by atoms with Crippen LogP contribution in [-0.2, 0) is 4.79 Å². The Morgan fingerprint density at radius 2 is 1.93 bits per heavy atom. The molecule has 0 unspecified atom stereocenters. The molecule has 0 saturated carbocycles. The van der Waals surface area contributed by atoms with Gasteiger partial charge in [-0.25, -0.2) is 15.2 Å². The number of aromatic carboxylic acids is 1. The van der Waals surface area contributed by atoms with Gasteiger partial charge in [-0.2, -0.15) is 0 Å². The number of carboxylic acid groups (broad SMARTS) is 1. The molecule has 4 rings (SSSR count). The number of hydrazine groups is 1. The molecular formula is C19H14Cl2N3NaO3. The van der Waals surface area contributed by atoms with Crippen molar-refractivity contribution in [3.05, 3.63) is 69.3 Å². The third kappa shape index (κ3) is 3.72. The zero-order chi connectivity index (χ0) is 19.1. The number of aromatic nitrogens is 1. The van der Waals surface area contributed by atoms with E-state index < -0.39 is 5.97 Å². The first-order valence-electron chi connectivity index (χ1n) is 8.03. The van der Waals surface area contributed by atoms with Crippen molar-refractivity contribution in [1.82, 2.24) is 10.4 Å². The average Bonchev–Trinajstić information content (AvgIpc) is 3.17. The number of rotatable bonds is 3. The first kappa shape index (κ1) is 20.9. The van der Waals surface area contributed by atoms with Gasteiger partial charge in [0.2, 0.25) is 0 Å². The second-order valence-corrected chi connectivity index (χ2v) is 6.85. The van der Waals surface area contributed by atoms with E-state index in [1.807, 2.05) is 18.2 Å². The van der Waals surface area contributed by atoms with Gasteiger partial charge in [0.05, 0.1) is 10.7 Å². The number of anilines is 1. The van der Waals surface area contributed by atoms with E-state index >= 15 is 0 Å². The van der Waals surface area contributed by atoms with Crippen LogP contribution in [0.2, 0.25) is 10.0 Å². The van der Waals surface area contributed by atoms with Gasteiger partial charge in [-0.15, -0.1) is 0 Å². The molecule has 2 aromatic carbocycles. The largest absolute Gasteiger partial charge is 1.00 e. The Morgan fingerprint density at radius 1 is 1.21 bits per heavy atom. The summed E-state index contributed by atoms with van der Waals surface area (Å²) in [5.41, 5.74) is 4.93. The summed E-state index contributed by atoms with van der Waals surface area (Å²) in [6.45, 7) is 0.269. The maximum atomic E-state index is 12.8. The van der Waals surface area contributed by atoms with Crippen LogP contribution in [-0.4, -0.2) is 28.5 Å². The van der Waals surface area contributed by atoms with Crippen molar-refractivity contribution < 1.29 is 45.7 Å². The Hall–Kier alpha value is -1.80. The first-order chi connectivity index (χ1) is 13.0. The second-order valence-electron chi connectivity index (χ2n) is 6.01. The van der Waals surface area contributed by atoms with Gasteiger partial charge in [0, 0.05) is 33.6 Å². The molecule has 0 aliphatic carbocycles. The predicted octanol–water partition coefficient (Wildman–Crippen LogP) is 1.22. The molecule has 9 heteroatoms. The molecule has 1 amide bonds. The van der Waals surface area contributed by atoms with Crippen LogP contribution in [0.15, 0.2) is 48.0 Å². The number of benzene rings is 2. The van der Waals surface area contributed by atoms with Crippen LogP contribution in [0, 0.1) is 0 Å². The minimum Gasteiger partial charge on any atom is -1.00 e. The summed E-state index contributed by atoms with van der Waals surface area (Å²) in [4.78, 5) is 27.3. The Labute approximate surface area is 193 Å². The summed E-state index contributed by atoms with van der Waals surface area (Å²) >= 11 is 12.3. The maximum Gasteiger partial charge on any atom is 1.00 e. The molecule has 1 aliphatic heterocycles. The van der Waals surface area contributed by atoms with Crippen molar-refractivity contribution >= 4 is 57.7 Å². The molecule has 138 valence electrons. The molecule has 0 radical (unpaired) electrons. The molecule has 1 fully saturated rings. The van der Waals surface area contributed by atoms with E-state index in [0.29, 0.717) is 37.8 Å².